The van der Waals surface area contributed by atoms with Gasteiger partial charge in [-0.05, 0) is 18.2 Å². The van der Waals surface area contributed by atoms with Crippen LogP contribution in [0.3, 0.4) is 0 Å². The summed E-state index contributed by atoms with van der Waals surface area (Å²) in [6, 6.07) is 5.15. The molecule has 1 aromatic carbocycles. The molecule has 0 saturated heterocycles. The van der Waals surface area contributed by atoms with Gasteiger partial charge in [0.15, 0.2) is 12.0 Å². The Balaban J connectivity index is 1.86. The fourth-order valence-corrected chi connectivity index (χ4v) is 2.32. The van der Waals surface area contributed by atoms with E-state index in [1.807, 2.05) is 0 Å². The number of rotatable bonds is 2. The van der Waals surface area contributed by atoms with Gasteiger partial charge >= 0.3 is 5.76 Å². The Bertz CT molecular complexity index is 1040. The van der Waals surface area contributed by atoms with Gasteiger partial charge in [-0.25, -0.2) is 19.7 Å². The van der Waals surface area contributed by atoms with Gasteiger partial charge in [-0.2, -0.15) is 0 Å². The van der Waals surface area contributed by atoms with Gasteiger partial charge in [-0.15, -0.1) is 0 Å². The van der Waals surface area contributed by atoms with Crippen LogP contribution >= 0.6 is 11.6 Å². The monoisotopic (exact) mass is 315 g/mol. The van der Waals surface area contributed by atoms with E-state index in [0.717, 1.165) is 5.56 Å². The van der Waals surface area contributed by atoms with E-state index in [9.17, 15) is 4.79 Å². The van der Waals surface area contributed by atoms with Crippen molar-refractivity contribution in [3.05, 3.63) is 46.5 Å². The normalized spacial score (nSPS) is 11.1. The van der Waals surface area contributed by atoms with Crippen molar-refractivity contribution in [3.63, 3.8) is 0 Å². The molecule has 0 atom stereocenters. The zero-order valence-electron chi connectivity index (χ0n) is 10.8. The van der Waals surface area contributed by atoms with Crippen LogP contribution in [0.2, 0.25) is 5.02 Å². The third-order valence-corrected chi connectivity index (χ3v) is 3.32. The highest BCUT2D eigenvalue weighted by molar-refractivity contribution is 6.35. The van der Waals surface area contributed by atoms with Crippen molar-refractivity contribution < 1.29 is 8.94 Å². The molecule has 4 rings (SSSR count). The smallest absolute Gasteiger partial charge is 0.439 e. The van der Waals surface area contributed by atoms with Crippen LogP contribution in [0, 0.1) is 0 Å². The summed E-state index contributed by atoms with van der Waals surface area (Å²) in [7, 11) is 0. The summed E-state index contributed by atoms with van der Waals surface area (Å²) in [5.74, 6) is -0.429. The highest BCUT2D eigenvalue weighted by atomic mass is 35.5. The fourth-order valence-electron chi connectivity index (χ4n) is 2.06. The molecule has 4 aromatic rings. The lowest BCUT2D eigenvalue weighted by Gasteiger charge is -2.03. The average Bonchev–Trinajstić information content (AvgIpc) is 3.16. The van der Waals surface area contributed by atoms with Crippen LogP contribution in [0.1, 0.15) is 0 Å². The Morgan fingerprint density at radius 1 is 1.09 bits per heavy atom. The van der Waals surface area contributed by atoms with Crippen molar-refractivity contribution in [2.45, 2.75) is 0 Å². The summed E-state index contributed by atoms with van der Waals surface area (Å²) >= 11 is 6.17. The predicted octanol–water partition coefficient (Wildman–Crippen LogP) is 2.28. The maximum atomic E-state index is 11.0. The lowest BCUT2D eigenvalue weighted by Crippen LogP contribution is -1.96. The van der Waals surface area contributed by atoms with Gasteiger partial charge in [0, 0.05) is 5.56 Å². The number of hydrogen-bond acceptors (Lipinski definition) is 7. The molecule has 108 valence electrons. The zero-order chi connectivity index (χ0) is 15.1. The summed E-state index contributed by atoms with van der Waals surface area (Å²) in [5.41, 5.74) is 2.88. The highest BCUT2D eigenvalue weighted by Gasteiger charge is 2.12. The Kier molecular flexibility index (Phi) is 2.76. The van der Waals surface area contributed by atoms with Crippen LogP contribution < -0.4 is 5.76 Å². The quantitative estimate of drug-likeness (QED) is 0.604. The fraction of sp³-hybridized carbons (Fsp3) is 0. The SMILES string of the molecule is O=c1[nH]c(-c2cc(-c3cc(Cl)c4ncoc4c3)ncn2)no1. The number of H-pyrrole nitrogens is 1. The number of fused-ring (bicyclic) bond motifs is 1. The molecule has 0 aliphatic carbocycles. The van der Waals surface area contributed by atoms with E-state index in [1.54, 1.807) is 18.2 Å². The van der Waals surface area contributed by atoms with Gasteiger partial charge in [-0.1, -0.05) is 16.8 Å². The molecule has 0 radical (unpaired) electrons. The van der Waals surface area contributed by atoms with Crippen molar-refractivity contribution >= 4 is 22.7 Å². The summed E-state index contributed by atoms with van der Waals surface area (Å²) in [4.78, 5) is 25.7. The van der Waals surface area contributed by atoms with Crippen LogP contribution in [0.4, 0.5) is 0 Å². The molecule has 0 fully saturated rings. The van der Waals surface area contributed by atoms with Crippen LogP contribution in [0.15, 0.2) is 44.7 Å². The lowest BCUT2D eigenvalue weighted by atomic mass is 10.1. The number of benzene rings is 1. The largest absolute Gasteiger partial charge is 0.443 e. The van der Waals surface area contributed by atoms with Crippen molar-refractivity contribution in [2.24, 2.45) is 0 Å². The Labute approximate surface area is 126 Å². The molecule has 22 heavy (non-hydrogen) atoms. The van der Waals surface area contributed by atoms with Crippen molar-refractivity contribution in [2.75, 3.05) is 0 Å². The predicted molar refractivity (Wildman–Crippen MR) is 76.2 cm³/mol. The second kappa shape index (κ2) is 4.78. The number of oxazole rings is 1. The maximum absolute atomic E-state index is 11.0. The number of hydrogen-bond donors (Lipinski definition) is 1. The minimum Gasteiger partial charge on any atom is -0.443 e. The molecule has 0 amide bonds. The molecule has 9 heteroatoms. The lowest BCUT2D eigenvalue weighted by molar-refractivity contribution is 0.387. The molecule has 8 nitrogen and oxygen atoms in total. The van der Waals surface area contributed by atoms with Crippen molar-refractivity contribution in [3.8, 4) is 22.8 Å². The summed E-state index contributed by atoms with van der Waals surface area (Å²) in [6.07, 6.45) is 2.68. The van der Waals surface area contributed by atoms with Crippen molar-refractivity contribution in [1.82, 2.24) is 25.1 Å². The van der Waals surface area contributed by atoms with Gasteiger partial charge in [0.2, 0.25) is 5.82 Å². The molecule has 0 aliphatic rings. The molecule has 3 heterocycles. The Hall–Kier alpha value is -3.00. The van der Waals surface area contributed by atoms with Crippen molar-refractivity contribution in [1.29, 1.82) is 0 Å². The number of nitrogens with zero attached hydrogens (tertiary/aromatic N) is 4. The second-order valence-electron chi connectivity index (χ2n) is 4.39. The van der Waals surface area contributed by atoms with E-state index in [-0.39, 0.29) is 5.82 Å². The first kappa shape index (κ1) is 12.7. The topological polar surface area (TPSA) is 111 Å². The Morgan fingerprint density at radius 3 is 2.77 bits per heavy atom. The molecule has 0 bridgehead atoms. The number of nitrogens with one attached hydrogen (secondary N) is 1. The van der Waals surface area contributed by atoms with Gasteiger partial charge in [0.05, 0.1) is 10.7 Å². The minimum absolute atomic E-state index is 0.223. The third-order valence-electron chi connectivity index (χ3n) is 3.04. The van der Waals surface area contributed by atoms with Crippen LogP contribution in [-0.2, 0) is 0 Å². The van der Waals surface area contributed by atoms with Gasteiger partial charge < -0.3 is 4.42 Å². The first-order valence-corrected chi connectivity index (χ1v) is 6.50. The number of aromatic amines is 1. The molecule has 1 N–H and O–H groups in total. The van der Waals surface area contributed by atoms with Gasteiger partial charge in [-0.3, -0.25) is 9.51 Å². The molecule has 0 spiro atoms. The van der Waals surface area contributed by atoms with Crippen LogP contribution in [-0.4, -0.2) is 25.1 Å². The second-order valence-corrected chi connectivity index (χ2v) is 4.80. The molecule has 0 aliphatic heterocycles. The van der Waals surface area contributed by atoms with Crippen LogP contribution in [0.5, 0.6) is 0 Å². The zero-order valence-corrected chi connectivity index (χ0v) is 11.5. The van der Waals surface area contributed by atoms with E-state index in [4.69, 9.17) is 16.0 Å². The molecule has 0 unspecified atom stereocenters. The Morgan fingerprint density at radius 2 is 1.95 bits per heavy atom. The molecule has 0 saturated carbocycles. The number of aromatic nitrogens is 5. The van der Waals surface area contributed by atoms with E-state index < -0.39 is 5.76 Å². The van der Waals surface area contributed by atoms with Gasteiger partial charge in [0.25, 0.3) is 0 Å². The third kappa shape index (κ3) is 2.06. The molecular weight excluding hydrogens is 310 g/mol. The van der Waals surface area contributed by atoms with E-state index in [1.165, 1.54) is 12.7 Å². The summed E-state index contributed by atoms with van der Waals surface area (Å²) < 4.78 is 9.73. The van der Waals surface area contributed by atoms with E-state index in [2.05, 4.69) is 29.6 Å². The van der Waals surface area contributed by atoms with Crippen LogP contribution in [0.25, 0.3) is 33.9 Å². The first-order chi connectivity index (χ1) is 10.7. The summed E-state index contributed by atoms with van der Waals surface area (Å²) in [6.45, 7) is 0. The average molecular weight is 316 g/mol. The molecular formula is C13H6ClN5O3. The first-order valence-electron chi connectivity index (χ1n) is 6.12. The van der Waals surface area contributed by atoms with Gasteiger partial charge in [0.1, 0.15) is 17.5 Å². The number of halogens is 1. The minimum atomic E-state index is -0.652. The standard InChI is InChI=1S/C13H6ClN5O3/c14-7-1-6(2-10-11(7)17-5-21-10)8-3-9(16-4-15-8)12-18-13(20)22-19-12/h1-5H,(H,18,19,20). The van der Waals surface area contributed by atoms with E-state index >= 15 is 0 Å². The molecule has 3 aromatic heterocycles. The highest BCUT2D eigenvalue weighted by Crippen LogP contribution is 2.29. The van der Waals surface area contributed by atoms with E-state index in [0.29, 0.717) is 27.5 Å². The maximum Gasteiger partial charge on any atom is 0.439 e. The summed E-state index contributed by atoms with van der Waals surface area (Å²) in [5, 5.41) is 4.05.